The van der Waals surface area contributed by atoms with Crippen LogP contribution in [0.15, 0.2) is 89.8 Å². The van der Waals surface area contributed by atoms with E-state index in [1.165, 1.54) is 7.11 Å². The molecule has 0 spiro atoms. The fourth-order valence-corrected chi connectivity index (χ4v) is 4.94. The Balaban J connectivity index is 1.63. The molecule has 32 heavy (non-hydrogen) atoms. The van der Waals surface area contributed by atoms with Crippen LogP contribution in [0.5, 0.6) is 0 Å². The second kappa shape index (κ2) is 9.75. The van der Waals surface area contributed by atoms with Crippen LogP contribution in [0, 0.1) is 0 Å². The molecule has 4 aromatic carbocycles. The summed E-state index contributed by atoms with van der Waals surface area (Å²) in [5.41, 5.74) is 0.511. The average molecular weight is 446 g/mol. The number of methoxy groups -OCH3 is 1. The van der Waals surface area contributed by atoms with E-state index in [-0.39, 0.29) is 18.1 Å². The molecule has 162 valence electrons. The van der Waals surface area contributed by atoms with E-state index in [1.807, 2.05) is 72.8 Å². The maximum Gasteiger partial charge on any atom is 0.328 e. The minimum absolute atomic E-state index is 0.197. The molecular weight excluding hydrogens is 422 g/mol. The van der Waals surface area contributed by atoms with E-state index in [2.05, 4.69) is 5.32 Å². The van der Waals surface area contributed by atoms with Crippen LogP contribution in [0.4, 0.5) is 0 Å². The number of hydrogen-bond donors (Lipinski definition) is 1. The Morgan fingerprint density at radius 3 is 2.03 bits per heavy atom. The number of hydrogen-bond acceptors (Lipinski definition) is 4. The largest absolute Gasteiger partial charge is 0.467 e. The smallest absolute Gasteiger partial charge is 0.328 e. The lowest BCUT2D eigenvalue weighted by atomic mass is 9.96. The highest BCUT2D eigenvalue weighted by Gasteiger charge is 2.25. The lowest BCUT2D eigenvalue weighted by molar-refractivity contribution is -0.142. The summed E-state index contributed by atoms with van der Waals surface area (Å²) in [5.74, 6) is -0.702. The SMILES string of the molecule is COC(=O)[C@@H](CC[S@@](=O)c1ccccc1)NC(=O)c1c2ccccc2cc2ccccc12. The first-order valence-corrected chi connectivity index (χ1v) is 11.6. The lowest BCUT2D eigenvalue weighted by Crippen LogP contribution is -2.42. The maximum atomic E-state index is 13.4. The van der Waals surface area contributed by atoms with E-state index in [0.29, 0.717) is 10.5 Å². The molecule has 2 atom stereocenters. The van der Waals surface area contributed by atoms with Crippen molar-refractivity contribution in [2.45, 2.75) is 17.4 Å². The molecule has 0 aromatic heterocycles. The fraction of sp³-hybridized carbons (Fsp3) is 0.154. The standard InChI is InChI=1S/C26H23NO4S/c1-31-26(29)23(15-16-32(30)20-11-3-2-4-12-20)27-25(28)24-21-13-7-5-9-18(21)17-19-10-6-8-14-22(19)24/h2-14,17,23H,15-16H2,1H3,(H,27,28)/t23-,32-/m1/s1. The lowest BCUT2D eigenvalue weighted by Gasteiger charge is -2.18. The van der Waals surface area contributed by atoms with Crippen LogP contribution in [0.1, 0.15) is 16.8 Å². The van der Waals surface area contributed by atoms with Crippen molar-refractivity contribution in [3.63, 3.8) is 0 Å². The summed E-state index contributed by atoms with van der Waals surface area (Å²) in [6.45, 7) is 0. The van der Waals surface area contributed by atoms with Crippen LogP contribution >= 0.6 is 0 Å². The van der Waals surface area contributed by atoms with Gasteiger partial charge in [0.15, 0.2) is 0 Å². The Labute approximate surface area is 188 Å². The fourth-order valence-electron chi connectivity index (χ4n) is 3.79. The molecule has 0 radical (unpaired) electrons. The predicted octanol–water partition coefficient (Wildman–Crippen LogP) is 4.46. The van der Waals surface area contributed by atoms with Crippen molar-refractivity contribution < 1.29 is 18.5 Å². The van der Waals surface area contributed by atoms with E-state index in [4.69, 9.17) is 4.74 Å². The summed E-state index contributed by atoms with van der Waals surface area (Å²) >= 11 is 0. The van der Waals surface area contributed by atoms with Gasteiger partial charge in [0.25, 0.3) is 5.91 Å². The number of carbonyl (C=O) groups is 2. The number of carbonyl (C=O) groups excluding carboxylic acids is 2. The van der Waals surface area contributed by atoms with Gasteiger partial charge in [0.1, 0.15) is 6.04 Å². The first-order valence-electron chi connectivity index (χ1n) is 10.3. The third-order valence-corrected chi connectivity index (χ3v) is 6.79. The van der Waals surface area contributed by atoms with Crippen LogP contribution < -0.4 is 5.32 Å². The van der Waals surface area contributed by atoms with Crippen molar-refractivity contribution in [2.75, 3.05) is 12.9 Å². The van der Waals surface area contributed by atoms with Crippen LogP contribution in [0.25, 0.3) is 21.5 Å². The summed E-state index contributed by atoms with van der Waals surface area (Å²) < 4.78 is 17.5. The Hall–Kier alpha value is -3.51. The number of nitrogens with one attached hydrogen (secondary N) is 1. The first kappa shape index (κ1) is 21.7. The molecule has 0 fully saturated rings. The Morgan fingerprint density at radius 1 is 0.875 bits per heavy atom. The van der Waals surface area contributed by atoms with Crippen molar-refractivity contribution in [1.82, 2.24) is 5.32 Å². The summed E-state index contributed by atoms with van der Waals surface area (Å²) in [6.07, 6.45) is 0.197. The van der Waals surface area contributed by atoms with Gasteiger partial charge in [-0.1, -0.05) is 66.7 Å². The quantitative estimate of drug-likeness (QED) is 0.337. The molecule has 0 heterocycles. The third kappa shape index (κ3) is 4.55. The van der Waals surface area contributed by atoms with Crippen molar-refractivity contribution in [3.8, 4) is 0 Å². The molecule has 5 nitrogen and oxygen atoms in total. The van der Waals surface area contributed by atoms with Gasteiger partial charge in [-0.05, 0) is 46.2 Å². The van der Waals surface area contributed by atoms with Crippen molar-refractivity contribution in [2.24, 2.45) is 0 Å². The van der Waals surface area contributed by atoms with Gasteiger partial charge in [-0.3, -0.25) is 9.00 Å². The van der Waals surface area contributed by atoms with Crippen LogP contribution in [-0.4, -0.2) is 35.0 Å². The van der Waals surface area contributed by atoms with E-state index in [1.54, 1.807) is 12.1 Å². The van der Waals surface area contributed by atoms with Crippen LogP contribution in [0.2, 0.25) is 0 Å². The first-order chi connectivity index (χ1) is 15.6. The molecule has 0 aliphatic rings. The number of benzene rings is 4. The third-order valence-electron chi connectivity index (χ3n) is 5.39. The molecule has 0 aliphatic carbocycles. The number of rotatable bonds is 7. The highest BCUT2D eigenvalue weighted by molar-refractivity contribution is 7.85. The molecular formula is C26H23NO4S. The summed E-state index contributed by atoms with van der Waals surface area (Å²) in [4.78, 5) is 26.5. The molecule has 4 aromatic rings. The normalized spacial score (nSPS) is 12.9. The summed E-state index contributed by atoms with van der Waals surface area (Å²) in [5, 5.41) is 6.32. The van der Waals surface area contributed by atoms with Crippen molar-refractivity contribution in [3.05, 3.63) is 90.5 Å². The van der Waals surface area contributed by atoms with E-state index < -0.39 is 22.8 Å². The van der Waals surface area contributed by atoms with E-state index in [0.717, 1.165) is 21.5 Å². The van der Waals surface area contributed by atoms with Gasteiger partial charge in [0.05, 0.1) is 23.5 Å². The summed E-state index contributed by atoms with van der Waals surface area (Å²) in [7, 11) is -0.00471. The second-order valence-corrected chi connectivity index (χ2v) is 8.97. The van der Waals surface area contributed by atoms with Gasteiger partial charge >= 0.3 is 5.97 Å². The zero-order valence-electron chi connectivity index (χ0n) is 17.6. The predicted molar refractivity (Wildman–Crippen MR) is 127 cm³/mol. The molecule has 4 rings (SSSR count). The van der Waals surface area contributed by atoms with Crippen LogP contribution in [-0.2, 0) is 20.3 Å². The topological polar surface area (TPSA) is 72.5 Å². The van der Waals surface area contributed by atoms with Gasteiger partial charge in [-0.25, -0.2) is 4.79 Å². The summed E-state index contributed by atoms with van der Waals surface area (Å²) in [6, 6.07) is 25.5. The maximum absolute atomic E-state index is 13.4. The van der Waals surface area contributed by atoms with Gasteiger partial charge in [0.2, 0.25) is 0 Å². The minimum atomic E-state index is -1.29. The molecule has 1 N–H and O–H groups in total. The molecule has 0 aliphatic heterocycles. The average Bonchev–Trinajstić information content (AvgIpc) is 2.84. The number of esters is 1. The number of fused-ring (bicyclic) bond motifs is 2. The molecule has 1 amide bonds. The zero-order chi connectivity index (χ0) is 22.5. The number of amides is 1. The van der Waals surface area contributed by atoms with Gasteiger partial charge in [0, 0.05) is 10.6 Å². The molecule has 6 heteroatoms. The molecule has 0 saturated heterocycles. The molecule has 0 bridgehead atoms. The van der Waals surface area contributed by atoms with Gasteiger partial charge in [-0.2, -0.15) is 0 Å². The van der Waals surface area contributed by atoms with Crippen molar-refractivity contribution in [1.29, 1.82) is 0 Å². The minimum Gasteiger partial charge on any atom is -0.467 e. The zero-order valence-corrected chi connectivity index (χ0v) is 18.4. The second-order valence-electron chi connectivity index (χ2n) is 7.39. The Bertz CT molecular complexity index is 1250. The van der Waals surface area contributed by atoms with Crippen LogP contribution in [0.3, 0.4) is 0 Å². The Morgan fingerprint density at radius 2 is 1.44 bits per heavy atom. The van der Waals surface area contributed by atoms with Gasteiger partial charge in [-0.15, -0.1) is 0 Å². The van der Waals surface area contributed by atoms with E-state index >= 15 is 0 Å². The van der Waals surface area contributed by atoms with E-state index in [9.17, 15) is 13.8 Å². The molecule has 0 saturated carbocycles. The number of ether oxygens (including phenoxy) is 1. The highest BCUT2D eigenvalue weighted by Crippen LogP contribution is 2.28. The monoisotopic (exact) mass is 445 g/mol. The molecule has 0 unspecified atom stereocenters. The van der Waals surface area contributed by atoms with Crippen molar-refractivity contribution >= 4 is 44.2 Å². The Kier molecular flexibility index (Phi) is 6.61. The van der Waals surface area contributed by atoms with Gasteiger partial charge < -0.3 is 10.1 Å². The highest BCUT2D eigenvalue weighted by atomic mass is 32.2.